The molecule has 0 aromatic rings. The van der Waals surface area contributed by atoms with Gasteiger partial charge in [-0.05, 0) is 77.0 Å². The van der Waals surface area contributed by atoms with Gasteiger partial charge in [0.15, 0.2) is 6.10 Å². The van der Waals surface area contributed by atoms with E-state index in [-0.39, 0.29) is 31.1 Å². The Balaban J connectivity index is 4.17. The third-order valence-corrected chi connectivity index (χ3v) is 13.2. The summed E-state index contributed by atoms with van der Waals surface area (Å²) in [4.78, 5) is 38.1. The Bertz CT molecular complexity index is 1260. The zero-order chi connectivity index (χ0) is 50.7. The van der Waals surface area contributed by atoms with Gasteiger partial charge in [-0.3, -0.25) is 14.4 Å². The quantitative estimate of drug-likeness (QED) is 0.0261. The smallest absolute Gasteiger partial charge is 0.306 e. The van der Waals surface area contributed by atoms with Crippen molar-refractivity contribution >= 4 is 17.9 Å². The van der Waals surface area contributed by atoms with Crippen molar-refractivity contribution in [1.82, 2.24) is 0 Å². The predicted molar refractivity (Wildman–Crippen MR) is 302 cm³/mol. The largest absolute Gasteiger partial charge is 0.462 e. The average Bonchev–Trinajstić information content (AvgIpc) is 3.36. The molecule has 0 saturated heterocycles. The molecule has 406 valence electrons. The molecule has 0 spiro atoms. The van der Waals surface area contributed by atoms with Crippen molar-refractivity contribution in [3.63, 3.8) is 0 Å². The summed E-state index contributed by atoms with van der Waals surface area (Å²) < 4.78 is 16.9. The molecule has 70 heavy (non-hydrogen) atoms. The third-order valence-electron chi connectivity index (χ3n) is 13.2. The van der Waals surface area contributed by atoms with Crippen LogP contribution in [0.3, 0.4) is 0 Å². The Morgan fingerprint density at radius 3 is 0.943 bits per heavy atom. The summed E-state index contributed by atoms with van der Waals surface area (Å²) in [5.74, 6) is -0.870. The molecule has 6 nitrogen and oxygen atoms in total. The van der Waals surface area contributed by atoms with E-state index in [1.165, 1.54) is 173 Å². The lowest BCUT2D eigenvalue weighted by atomic mass is 10.0. The standard InChI is InChI=1S/C64H114O6/c1-4-7-10-13-16-19-22-24-26-27-28-29-30-31-32-33-34-35-36-37-39-40-42-45-48-51-54-57-63(66)69-60-61(59-68-62(65)56-53-50-47-44-21-18-15-12-9-6-3)70-64(67)58-55-52-49-46-43-41-38-25-23-20-17-14-11-8-5-2/h7,10,12,15-16,19,24,26,28-29,61H,4-6,8-9,11,13-14,17-18,20-23,25,27,30-60H2,1-3H3/b10-7-,15-12-,19-16-,26-24-,29-28-. The van der Waals surface area contributed by atoms with Crippen LogP contribution in [0.4, 0.5) is 0 Å². The zero-order valence-corrected chi connectivity index (χ0v) is 46.5. The molecule has 0 fully saturated rings. The lowest BCUT2D eigenvalue weighted by Crippen LogP contribution is -2.30. The lowest BCUT2D eigenvalue weighted by Gasteiger charge is -2.18. The first-order valence-electron chi connectivity index (χ1n) is 30.3. The molecule has 0 rings (SSSR count). The highest BCUT2D eigenvalue weighted by molar-refractivity contribution is 5.71. The number of esters is 3. The first-order valence-corrected chi connectivity index (χ1v) is 30.3. The number of rotatable bonds is 55. The fourth-order valence-corrected chi connectivity index (χ4v) is 8.73. The summed E-state index contributed by atoms with van der Waals surface area (Å²) in [7, 11) is 0. The highest BCUT2D eigenvalue weighted by Gasteiger charge is 2.19. The minimum absolute atomic E-state index is 0.0733. The van der Waals surface area contributed by atoms with Crippen molar-refractivity contribution < 1.29 is 28.6 Å². The van der Waals surface area contributed by atoms with E-state index in [1.807, 2.05) is 0 Å². The Kier molecular flexibility index (Phi) is 56.3. The number of hydrogen-bond donors (Lipinski definition) is 0. The minimum Gasteiger partial charge on any atom is -0.462 e. The molecule has 0 heterocycles. The summed E-state index contributed by atoms with van der Waals surface area (Å²) in [6, 6.07) is 0. The highest BCUT2D eigenvalue weighted by Crippen LogP contribution is 2.17. The van der Waals surface area contributed by atoms with Crippen molar-refractivity contribution in [2.45, 2.75) is 316 Å². The summed E-state index contributed by atoms with van der Waals surface area (Å²) in [6.07, 6.45) is 73.8. The van der Waals surface area contributed by atoms with E-state index in [0.29, 0.717) is 19.3 Å². The van der Waals surface area contributed by atoms with Gasteiger partial charge in [0, 0.05) is 19.3 Å². The lowest BCUT2D eigenvalue weighted by molar-refractivity contribution is -0.167. The molecular weight excluding hydrogens is 865 g/mol. The molecule has 0 aromatic heterocycles. The van der Waals surface area contributed by atoms with Gasteiger partial charge in [0.05, 0.1) is 0 Å². The molecule has 0 bridgehead atoms. The van der Waals surface area contributed by atoms with Crippen LogP contribution in [0.5, 0.6) is 0 Å². The van der Waals surface area contributed by atoms with E-state index in [2.05, 4.69) is 81.5 Å². The van der Waals surface area contributed by atoms with Gasteiger partial charge in [-0.25, -0.2) is 0 Å². The van der Waals surface area contributed by atoms with Crippen LogP contribution >= 0.6 is 0 Å². The first-order chi connectivity index (χ1) is 34.5. The molecule has 0 amide bonds. The molecule has 1 atom stereocenters. The molecule has 0 aliphatic rings. The third kappa shape index (κ3) is 56.0. The van der Waals surface area contributed by atoms with Crippen LogP contribution in [0.15, 0.2) is 60.8 Å². The van der Waals surface area contributed by atoms with Crippen LogP contribution in [0, 0.1) is 0 Å². The van der Waals surface area contributed by atoms with Gasteiger partial charge in [-0.1, -0.05) is 274 Å². The first kappa shape index (κ1) is 67.1. The van der Waals surface area contributed by atoms with Gasteiger partial charge in [-0.15, -0.1) is 0 Å². The average molecular weight is 980 g/mol. The molecule has 0 N–H and O–H groups in total. The van der Waals surface area contributed by atoms with Gasteiger partial charge in [0.2, 0.25) is 0 Å². The normalized spacial score (nSPS) is 12.4. The molecular formula is C64H114O6. The highest BCUT2D eigenvalue weighted by atomic mass is 16.6. The van der Waals surface area contributed by atoms with Crippen LogP contribution in [0.25, 0.3) is 0 Å². The fourth-order valence-electron chi connectivity index (χ4n) is 8.73. The van der Waals surface area contributed by atoms with E-state index in [0.717, 1.165) is 96.3 Å². The van der Waals surface area contributed by atoms with Crippen LogP contribution in [-0.4, -0.2) is 37.2 Å². The van der Waals surface area contributed by atoms with E-state index >= 15 is 0 Å². The zero-order valence-electron chi connectivity index (χ0n) is 46.5. The van der Waals surface area contributed by atoms with Crippen LogP contribution < -0.4 is 0 Å². The van der Waals surface area contributed by atoms with Crippen LogP contribution in [-0.2, 0) is 28.6 Å². The number of carbonyl (C=O) groups is 3. The fraction of sp³-hybridized carbons (Fsp3) is 0.797. The van der Waals surface area contributed by atoms with Gasteiger partial charge in [0.25, 0.3) is 0 Å². The molecule has 0 aliphatic heterocycles. The van der Waals surface area contributed by atoms with E-state index in [9.17, 15) is 14.4 Å². The van der Waals surface area contributed by atoms with Crippen molar-refractivity contribution in [2.24, 2.45) is 0 Å². The van der Waals surface area contributed by atoms with Crippen molar-refractivity contribution in [3.8, 4) is 0 Å². The van der Waals surface area contributed by atoms with Gasteiger partial charge in [0.1, 0.15) is 13.2 Å². The second-order valence-electron chi connectivity index (χ2n) is 20.2. The van der Waals surface area contributed by atoms with Crippen LogP contribution in [0.2, 0.25) is 0 Å². The second kappa shape index (κ2) is 58.7. The summed E-state index contributed by atoms with van der Waals surface area (Å²) >= 11 is 0. The molecule has 6 heteroatoms. The van der Waals surface area contributed by atoms with Gasteiger partial charge < -0.3 is 14.2 Å². The van der Waals surface area contributed by atoms with E-state index < -0.39 is 6.10 Å². The maximum atomic E-state index is 12.8. The topological polar surface area (TPSA) is 78.9 Å². The van der Waals surface area contributed by atoms with E-state index in [1.54, 1.807) is 0 Å². The molecule has 0 aromatic carbocycles. The summed E-state index contributed by atoms with van der Waals surface area (Å²) in [5.41, 5.74) is 0. The molecule has 1 unspecified atom stereocenters. The van der Waals surface area contributed by atoms with Crippen molar-refractivity contribution in [1.29, 1.82) is 0 Å². The van der Waals surface area contributed by atoms with Crippen molar-refractivity contribution in [2.75, 3.05) is 13.2 Å². The number of allylic oxidation sites excluding steroid dienone is 10. The Hall–Kier alpha value is -2.89. The van der Waals surface area contributed by atoms with Crippen molar-refractivity contribution in [3.05, 3.63) is 60.8 Å². The maximum absolute atomic E-state index is 12.8. The number of unbranched alkanes of at least 4 members (excludes halogenated alkanes) is 34. The van der Waals surface area contributed by atoms with E-state index in [4.69, 9.17) is 14.2 Å². The number of carbonyl (C=O) groups excluding carboxylic acids is 3. The summed E-state index contributed by atoms with van der Waals surface area (Å²) in [6.45, 7) is 6.49. The Morgan fingerprint density at radius 1 is 0.300 bits per heavy atom. The second-order valence-corrected chi connectivity index (χ2v) is 20.2. The monoisotopic (exact) mass is 979 g/mol. The predicted octanol–water partition coefficient (Wildman–Crippen LogP) is 20.4. The van der Waals surface area contributed by atoms with Gasteiger partial charge in [-0.2, -0.15) is 0 Å². The SMILES string of the molecule is CC/C=C\C/C=C\C/C=C\C/C=C\CCCCCCCCCCCCCCCCC(=O)OCC(COC(=O)CCCCCCC/C=C\CCC)OC(=O)CCCCCCCCCCCCCCCCC. The molecule has 0 aliphatic carbocycles. The maximum Gasteiger partial charge on any atom is 0.306 e. The van der Waals surface area contributed by atoms with Gasteiger partial charge >= 0.3 is 17.9 Å². The Labute approximate surface area is 434 Å². The molecule has 0 saturated carbocycles. The summed E-state index contributed by atoms with van der Waals surface area (Å²) in [5, 5.41) is 0. The molecule has 0 radical (unpaired) electrons. The minimum atomic E-state index is -0.774. The number of hydrogen-bond acceptors (Lipinski definition) is 6. The number of ether oxygens (including phenoxy) is 3. The van der Waals surface area contributed by atoms with Crippen LogP contribution in [0.1, 0.15) is 310 Å². The Morgan fingerprint density at radius 2 is 0.586 bits per heavy atom.